The van der Waals surface area contributed by atoms with Crippen molar-refractivity contribution in [2.24, 2.45) is 5.41 Å². The second kappa shape index (κ2) is 7.46. The van der Waals surface area contributed by atoms with Gasteiger partial charge in [0.15, 0.2) is 0 Å². The summed E-state index contributed by atoms with van der Waals surface area (Å²) >= 11 is 0. The van der Waals surface area contributed by atoms with Gasteiger partial charge in [0.05, 0.1) is 12.7 Å². The zero-order valence-corrected chi connectivity index (χ0v) is 12.1. The number of methoxy groups -OCH3 is 1. The predicted octanol–water partition coefficient (Wildman–Crippen LogP) is 1.58. The number of nitriles is 1. The van der Waals surface area contributed by atoms with Gasteiger partial charge in [-0.05, 0) is 26.2 Å². The number of nitrogens with zero attached hydrogens (tertiary/aromatic N) is 2. The molecule has 0 aromatic heterocycles. The van der Waals surface area contributed by atoms with Crippen LogP contribution in [0.4, 0.5) is 0 Å². The maximum atomic E-state index is 12.7. The summed E-state index contributed by atoms with van der Waals surface area (Å²) in [5, 5.41) is 9.46. The molecule has 0 spiro atoms. The molecule has 0 aliphatic carbocycles. The van der Waals surface area contributed by atoms with Gasteiger partial charge in [-0.15, -0.1) is 0 Å². The van der Waals surface area contributed by atoms with Gasteiger partial charge in [-0.2, -0.15) is 5.26 Å². The molecule has 0 aromatic carbocycles. The molecule has 5 heteroatoms. The summed E-state index contributed by atoms with van der Waals surface area (Å²) in [6.07, 6.45) is 1.85. The Hall–Kier alpha value is -1.12. The van der Waals surface area contributed by atoms with Crippen LogP contribution in [0.1, 0.15) is 33.1 Å². The minimum atomic E-state index is -0.907. The van der Waals surface area contributed by atoms with Crippen molar-refractivity contribution in [1.29, 1.82) is 5.26 Å². The lowest BCUT2D eigenvalue weighted by atomic mass is 9.80. The van der Waals surface area contributed by atoms with Crippen molar-refractivity contribution in [2.75, 3.05) is 33.5 Å². The fourth-order valence-electron chi connectivity index (χ4n) is 2.30. The molecular weight excluding hydrogens is 244 g/mol. The SMILES string of the molecule is CCC(C)N(CCOC)C(=O)C1(C#N)CCOCC1. The summed E-state index contributed by atoms with van der Waals surface area (Å²) < 4.78 is 10.3. The summed E-state index contributed by atoms with van der Waals surface area (Å²) in [4.78, 5) is 14.5. The molecule has 5 nitrogen and oxygen atoms in total. The van der Waals surface area contributed by atoms with Gasteiger partial charge in [0.1, 0.15) is 5.41 Å². The molecule has 108 valence electrons. The maximum absolute atomic E-state index is 12.7. The molecular formula is C14H24N2O3. The Bertz CT molecular complexity index is 332. The zero-order valence-electron chi connectivity index (χ0n) is 12.1. The van der Waals surface area contributed by atoms with Gasteiger partial charge in [-0.1, -0.05) is 6.92 Å². The highest BCUT2D eigenvalue weighted by molar-refractivity contribution is 5.86. The minimum absolute atomic E-state index is 0.0651. The monoisotopic (exact) mass is 268 g/mol. The van der Waals surface area contributed by atoms with E-state index in [0.29, 0.717) is 39.2 Å². The molecule has 1 saturated heterocycles. The van der Waals surface area contributed by atoms with Crippen molar-refractivity contribution in [3.8, 4) is 6.07 Å². The van der Waals surface area contributed by atoms with Crippen LogP contribution in [-0.4, -0.2) is 50.3 Å². The summed E-state index contributed by atoms with van der Waals surface area (Å²) in [5.74, 6) is -0.0651. The van der Waals surface area contributed by atoms with Gasteiger partial charge >= 0.3 is 0 Å². The van der Waals surface area contributed by atoms with Crippen molar-refractivity contribution >= 4 is 5.91 Å². The van der Waals surface area contributed by atoms with E-state index in [1.807, 2.05) is 13.8 Å². The predicted molar refractivity (Wildman–Crippen MR) is 71.4 cm³/mol. The lowest BCUT2D eigenvalue weighted by molar-refractivity contribution is -0.146. The summed E-state index contributed by atoms with van der Waals surface area (Å²) in [5.41, 5.74) is -0.907. The van der Waals surface area contributed by atoms with E-state index in [9.17, 15) is 10.1 Å². The van der Waals surface area contributed by atoms with Crippen LogP contribution in [0.3, 0.4) is 0 Å². The van der Waals surface area contributed by atoms with E-state index < -0.39 is 5.41 Å². The quantitative estimate of drug-likeness (QED) is 0.733. The van der Waals surface area contributed by atoms with Crippen LogP contribution in [0.25, 0.3) is 0 Å². The molecule has 0 aromatic rings. The first-order chi connectivity index (χ1) is 9.11. The molecule has 0 N–H and O–H groups in total. The second-order valence-electron chi connectivity index (χ2n) is 5.05. The Balaban J connectivity index is 2.86. The summed E-state index contributed by atoms with van der Waals surface area (Å²) in [7, 11) is 1.62. The molecule has 0 radical (unpaired) electrons. The topological polar surface area (TPSA) is 62.6 Å². The molecule has 1 aliphatic rings. The minimum Gasteiger partial charge on any atom is -0.383 e. The Morgan fingerprint density at radius 1 is 1.53 bits per heavy atom. The number of hydrogen-bond donors (Lipinski definition) is 0. The van der Waals surface area contributed by atoms with Crippen LogP contribution in [0.2, 0.25) is 0 Å². The van der Waals surface area contributed by atoms with Gasteiger partial charge < -0.3 is 14.4 Å². The van der Waals surface area contributed by atoms with E-state index in [2.05, 4.69) is 6.07 Å². The number of amides is 1. The highest BCUT2D eigenvalue weighted by atomic mass is 16.5. The normalized spacial score (nSPS) is 19.5. The standard InChI is InChI=1S/C14H24N2O3/c1-4-12(2)16(7-10-18-3)13(17)14(11-15)5-8-19-9-6-14/h12H,4-10H2,1-3H3. The molecule has 1 fully saturated rings. The van der Waals surface area contributed by atoms with Crippen molar-refractivity contribution < 1.29 is 14.3 Å². The lowest BCUT2D eigenvalue weighted by Crippen LogP contribution is -2.50. The van der Waals surface area contributed by atoms with Gasteiger partial charge in [-0.3, -0.25) is 4.79 Å². The van der Waals surface area contributed by atoms with Gasteiger partial charge in [0.25, 0.3) is 0 Å². The van der Waals surface area contributed by atoms with Crippen molar-refractivity contribution in [3.05, 3.63) is 0 Å². The molecule has 1 heterocycles. The Morgan fingerprint density at radius 3 is 2.63 bits per heavy atom. The molecule has 1 rings (SSSR count). The summed E-state index contributed by atoms with van der Waals surface area (Å²) in [6, 6.07) is 2.36. The van der Waals surface area contributed by atoms with E-state index in [0.717, 1.165) is 6.42 Å². The van der Waals surface area contributed by atoms with Crippen molar-refractivity contribution in [3.63, 3.8) is 0 Å². The number of rotatable bonds is 6. The third-order valence-electron chi connectivity index (χ3n) is 3.89. The highest BCUT2D eigenvalue weighted by Gasteiger charge is 2.43. The van der Waals surface area contributed by atoms with Gasteiger partial charge in [0, 0.05) is 32.9 Å². The van der Waals surface area contributed by atoms with Gasteiger partial charge in [0.2, 0.25) is 5.91 Å². The largest absolute Gasteiger partial charge is 0.383 e. The third-order valence-corrected chi connectivity index (χ3v) is 3.89. The van der Waals surface area contributed by atoms with Crippen molar-refractivity contribution in [2.45, 2.75) is 39.2 Å². The van der Waals surface area contributed by atoms with Crippen LogP contribution in [-0.2, 0) is 14.3 Å². The van der Waals surface area contributed by atoms with Crippen LogP contribution in [0.5, 0.6) is 0 Å². The van der Waals surface area contributed by atoms with Crippen LogP contribution >= 0.6 is 0 Å². The van der Waals surface area contributed by atoms with Crippen LogP contribution < -0.4 is 0 Å². The number of carbonyl (C=O) groups excluding carboxylic acids is 1. The Labute approximate surface area is 115 Å². The maximum Gasteiger partial charge on any atom is 0.243 e. The molecule has 19 heavy (non-hydrogen) atoms. The fraction of sp³-hybridized carbons (Fsp3) is 0.857. The zero-order chi connectivity index (χ0) is 14.3. The first-order valence-electron chi connectivity index (χ1n) is 6.90. The molecule has 0 bridgehead atoms. The highest BCUT2D eigenvalue weighted by Crippen LogP contribution is 2.32. The van der Waals surface area contributed by atoms with Crippen LogP contribution in [0, 0.1) is 16.7 Å². The van der Waals surface area contributed by atoms with Crippen LogP contribution in [0.15, 0.2) is 0 Å². The number of carbonyl (C=O) groups is 1. The Kier molecular flexibility index (Phi) is 6.26. The Morgan fingerprint density at radius 2 is 2.16 bits per heavy atom. The van der Waals surface area contributed by atoms with E-state index in [1.165, 1.54) is 0 Å². The molecule has 1 unspecified atom stereocenters. The first-order valence-corrected chi connectivity index (χ1v) is 6.90. The van der Waals surface area contributed by atoms with E-state index in [-0.39, 0.29) is 11.9 Å². The first kappa shape index (κ1) is 15.9. The lowest BCUT2D eigenvalue weighted by Gasteiger charge is -2.37. The molecule has 0 saturated carbocycles. The van der Waals surface area contributed by atoms with Crippen molar-refractivity contribution in [1.82, 2.24) is 4.90 Å². The smallest absolute Gasteiger partial charge is 0.243 e. The second-order valence-corrected chi connectivity index (χ2v) is 5.05. The average molecular weight is 268 g/mol. The van der Waals surface area contributed by atoms with E-state index in [1.54, 1.807) is 12.0 Å². The molecule has 1 aliphatic heterocycles. The van der Waals surface area contributed by atoms with Gasteiger partial charge in [-0.25, -0.2) is 0 Å². The van der Waals surface area contributed by atoms with E-state index in [4.69, 9.17) is 9.47 Å². The number of ether oxygens (including phenoxy) is 2. The number of hydrogen-bond acceptors (Lipinski definition) is 4. The average Bonchev–Trinajstić information content (AvgIpc) is 2.47. The third kappa shape index (κ3) is 3.68. The summed E-state index contributed by atoms with van der Waals surface area (Å²) in [6.45, 7) is 6.05. The van der Waals surface area contributed by atoms with E-state index >= 15 is 0 Å². The molecule has 1 amide bonds. The fourth-order valence-corrected chi connectivity index (χ4v) is 2.30. The molecule has 1 atom stereocenters.